The van der Waals surface area contributed by atoms with Crippen LogP contribution in [0.15, 0.2) is 72.9 Å². The van der Waals surface area contributed by atoms with Crippen LogP contribution in [-0.4, -0.2) is 4.98 Å². The number of hydrogen-bond acceptors (Lipinski definition) is 1. The monoisotopic (exact) mass is 313 g/mol. The first-order valence-corrected chi connectivity index (χ1v) is 7.49. The van der Waals surface area contributed by atoms with Crippen molar-refractivity contribution in [2.45, 2.75) is 0 Å². The maximum Gasteiger partial charge on any atom is 0.145 e. The highest BCUT2D eigenvalue weighted by Gasteiger charge is 2.03. The first-order chi connectivity index (χ1) is 11.3. The van der Waals surface area contributed by atoms with Gasteiger partial charge in [-0.2, -0.15) is 0 Å². The van der Waals surface area contributed by atoms with Gasteiger partial charge in [-0.3, -0.25) is 0 Å². The molecule has 0 spiro atoms. The first-order valence-electron chi connectivity index (χ1n) is 7.11. The molecule has 0 aliphatic heterocycles. The van der Waals surface area contributed by atoms with E-state index in [0.717, 1.165) is 16.7 Å². The van der Waals surface area contributed by atoms with E-state index in [1.807, 2.05) is 66.7 Å². The first kappa shape index (κ1) is 14.9. The van der Waals surface area contributed by atoms with Crippen molar-refractivity contribution < 1.29 is 0 Å². The number of rotatable bonds is 0. The van der Waals surface area contributed by atoms with E-state index in [1.54, 1.807) is 6.20 Å². The highest BCUT2D eigenvalue weighted by Crippen LogP contribution is 2.16. The summed E-state index contributed by atoms with van der Waals surface area (Å²) in [6, 6.07) is 21.4. The highest BCUT2D eigenvalue weighted by atomic mass is 35.5. The summed E-state index contributed by atoms with van der Waals surface area (Å²) in [5.74, 6) is 12.4. The second kappa shape index (κ2) is 7.32. The van der Waals surface area contributed by atoms with Gasteiger partial charge in [0, 0.05) is 22.9 Å². The zero-order chi connectivity index (χ0) is 15.9. The normalized spacial score (nSPS) is 9.26. The van der Waals surface area contributed by atoms with E-state index in [2.05, 4.69) is 28.7 Å². The predicted molar refractivity (Wildman–Crippen MR) is 94.1 cm³/mol. The molecule has 0 atom stereocenters. The van der Waals surface area contributed by atoms with E-state index in [4.69, 9.17) is 11.6 Å². The minimum Gasteiger partial charge on any atom is -0.243 e. The maximum atomic E-state index is 6.20. The van der Waals surface area contributed by atoms with Crippen molar-refractivity contribution in [3.63, 3.8) is 0 Å². The van der Waals surface area contributed by atoms with Gasteiger partial charge in [-0.1, -0.05) is 71.7 Å². The fourth-order valence-electron chi connectivity index (χ4n) is 1.98. The highest BCUT2D eigenvalue weighted by molar-refractivity contribution is 6.30. The third kappa shape index (κ3) is 4.01. The number of aromatic nitrogens is 1. The summed E-state index contributed by atoms with van der Waals surface area (Å²) in [6.07, 6.45) is 1.64. The molecule has 0 fully saturated rings. The zero-order valence-electron chi connectivity index (χ0n) is 12.3. The molecule has 0 radical (unpaired) electrons. The fraction of sp³-hybridized carbons (Fsp3) is 0. The molecule has 0 amide bonds. The minimum atomic E-state index is 0.369. The molecule has 0 aliphatic carbocycles. The smallest absolute Gasteiger partial charge is 0.145 e. The van der Waals surface area contributed by atoms with Crippen molar-refractivity contribution in [3.05, 3.63) is 100 Å². The molecule has 23 heavy (non-hydrogen) atoms. The summed E-state index contributed by atoms with van der Waals surface area (Å²) >= 11 is 6.20. The van der Waals surface area contributed by atoms with Crippen LogP contribution in [-0.2, 0) is 0 Å². The maximum absolute atomic E-state index is 6.20. The summed E-state index contributed by atoms with van der Waals surface area (Å²) in [6.45, 7) is 0. The summed E-state index contributed by atoms with van der Waals surface area (Å²) in [5, 5.41) is 0.369. The second-order valence-electron chi connectivity index (χ2n) is 4.76. The Morgan fingerprint density at radius 2 is 1.22 bits per heavy atom. The van der Waals surface area contributed by atoms with Crippen molar-refractivity contribution >= 4 is 11.6 Å². The molecule has 0 saturated heterocycles. The molecule has 3 rings (SSSR count). The zero-order valence-corrected chi connectivity index (χ0v) is 13.0. The van der Waals surface area contributed by atoms with Gasteiger partial charge >= 0.3 is 0 Å². The standard InChI is InChI=1S/C21H12ClN/c22-21-20(14-12-18-9-5-2-6-10-18)19(15-16-23-21)13-11-17-7-3-1-4-8-17/h1-10,15-16H. The van der Waals surface area contributed by atoms with Crippen molar-refractivity contribution in [3.8, 4) is 23.7 Å². The molecule has 0 N–H and O–H groups in total. The van der Waals surface area contributed by atoms with Gasteiger partial charge in [0.2, 0.25) is 0 Å². The summed E-state index contributed by atoms with van der Waals surface area (Å²) in [7, 11) is 0. The Morgan fingerprint density at radius 1 is 0.652 bits per heavy atom. The predicted octanol–water partition coefficient (Wildman–Crippen LogP) is 4.53. The number of nitrogens with zero attached hydrogens (tertiary/aromatic N) is 1. The van der Waals surface area contributed by atoms with Crippen molar-refractivity contribution in [1.82, 2.24) is 4.98 Å². The molecule has 0 unspecified atom stereocenters. The molecule has 0 aliphatic rings. The topological polar surface area (TPSA) is 12.9 Å². The van der Waals surface area contributed by atoms with Crippen molar-refractivity contribution in [2.24, 2.45) is 0 Å². The van der Waals surface area contributed by atoms with Gasteiger partial charge in [0.25, 0.3) is 0 Å². The van der Waals surface area contributed by atoms with E-state index in [1.165, 1.54) is 0 Å². The van der Waals surface area contributed by atoms with Crippen LogP contribution in [0.2, 0.25) is 5.15 Å². The van der Waals surface area contributed by atoms with Gasteiger partial charge in [-0.25, -0.2) is 4.98 Å². The molecular formula is C21H12ClN. The van der Waals surface area contributed by atoms with Crippen molar-refractivity contribution in [2.75, 3.05) is 0 Å². The van der Waals surface area contributed by atoms with E-state index in [-0.39, 0.29) is 0 Å². The quantitative estimate of drug-likeness (QED) is 0.439. The van der Waals surface area contributed by atoms with Gasteiger partial charge in [0.05, 0.1) is 5.56 Å². The van der Waals surface area contributed by atoms with Crippen LogP contribution in [0.4, 0.5) is 0 Å². The van der Waals surface area contributed by atoms with Crippen LogP contribution in [0.1, 0.15) is 22.3 Å². The molecule has 1 heterocycles. The Balaban J connectivity index is 1.99. The van der Waals surface area contributed by atoms with Gasteiger partial charge in [0.15, 0.2) is 0 Å². The van der Waals surface area contributed by atoms with E-state index < -0.39 is 0 Å². The SMILES string of the molecule is Clc1nccc(C#Cc2ccccc2)c1C#Cc1ccccc1. The van der Waals surface area contributed by atoms with Gasteiger partial charge in [-0.05, 0) is 30.3 Å². The van der Waals surface area contributed by atoms with E-state index in [9.17, 15) is 0 Å². The Morgan fingerprint density at radius 3 is 1.83 bits per heavy atom. The fourth-order valence-corrected chi connectivity index (χ4v) is 2.18. The lowest BCUT2D eigenvalue weighted by molar-refractivity contribution is 1.30. The molecular weight excluding hydrogens is 302 g/mol. The number of hydrogen-bond donors (Lipinski definition) is 0. The van der Waals surface area contributed by atoms with Crippen LogP contribution in [0.5, 0.6) is 0 Å². The lowest BCUT2D eigenvalue weighted by atomic mass is 10.1. The molecule has 1 aromatic heterocycles. The molecule has 108 valence electrons. The van der Waals surface area contributed by atoms with E-state index >= 15 is 0 Å². The Kier molecular flexibility index (Phi) is 4.75. The van der Waals surface area contributed by atoms with E-state index in [0.29, 0.717) is 10.7 Å². The van der Waals surface area contributed by atoms with Crippen LogP contribution in [0.25, 0.3) is 0 Å². The summed E-state index contributed by atoms with van der Waals surface area (Å²) in [4.78, 5) is 4.10. The van der Waals surface area contributed by atoms with Crippen LogP contribution < -0.4 is 0 Å². The molecule has 1 nitrogen and oxygen atoms in total. The average Bonchev–Trinajstić information content (AvgIpc) is 2.61. The molecule has 0 bridgehead atoms. The Labute approximate surface area is 141 Å². The minimum absolute atomic E-state index is 0.369. The van der Waals surface area contributed by atoms with Gasteiger partial charge < -0.3 is 0 Å². The number of halogens is 1. The third-order valence-electron chi connectivity index (χ3n) is 3.13. The summed E-state index contributed by atoms with van der Waals surface area (Å²) < 4.78 is 0. The molecule has 2 aromatic carbocycles. The molecule has 0 saturated carbocycles. The number of benzene rings is 2. The van der Waals surface area contributed by atoms with Gasteiger partial charge in [-0.15, -0.1) is 0 Å². The Bertz CT molecular complexity index is 924. The van der Waals surface area contributed by atoms with Crippen LogP contribution in [0.3, 0.4) is 0 Å². The van der Waals surface area contributed by atoms with Crippen LogP contribution in [0, 0.1) is 23.7 Å². The van der Waals surface area contributed by atoms with Crippen molar-refractivity contribution in [1.29, 1.82) is 0 Å². The van der Waals surface area contributed by atoms with Gasteiger partial charge in [0.1, 0.15) is 5.15 Å². The lowest BCUT2D eigenvalue weighted by Crippen LogP contribution is -1.89. The largest absolute Gasteiger partial charge is 0.243 e. The van der Waals surface area contributed by atoms with Crippen LogP contribution >= 0.6 is 11.6 Å². The molecule has 2 heteroatoms. The molecule has 3 aromatic rings. The third-order valence-corrected chi connectivity index (χ3v) is 3.41. The summed E-state index contributed by atoms with van der Waals surface area (Å²) in [5.41, 5.74) is 3.30. The lowest BCUT2D eigenvalue weighted by Gasteiger charge is -1.98. The number of pyridine rings is 1. The second-order valence-corrected chi connectivity index (χ2v) is 5.11. The Hall–Kier alpha value is -3.00. The average molecular weight is 314 g/mol.